The van der Waals surface area contributed by atoms with Crippen LogP contribution in [0.3, 0.4) is 0 Å². The Labute approximate surface area is 101 Å². The highest BCUT2D eigenvalue weighted by molar-refractivity contribution is 7.12. The monoisotopic (exact) mass is 240 g/mol. The Morgan fingerprint density at radius 1 is 1.44 bits per heavy atom. The van der Waals surface area contributed by atoms with Crippen molar-refractivity contribution in [1.82, 2.24) is 4.90 Å². The van der Waals surface area contributed by atoms with Crippen molar-refractivity contribution in [2.75, 3.05) is 32.8 Å². The number of nitrogens with zero attached hydrogens (tertiary/aromatic N) is 1. The second-order valence-corrected chi connectivity index (χ2v) is 5.26. The molecule has 2 N–H and O–H groups in total. The first-order valence-electron chi connectivity index (χ1n) is 5.95. The molecule has 0 bridgehead atoms. The van der Waals surface area contributed by atoms with E-state index in [0.29, 0.717) is 12.6 Å². The normalized spacial score (nSPS) is 19.9. The zero-order chi connectivity index (χ0) is 11.4. The number of thiophene rings is 1. The van der Waals surface area contributed by atoms with Gasteiger partial charge < -0.3 is 10.5 Å². The summed E-state index contributed by atoms with van der Waals surface area (Å²) in [5.41, 5.74) is 5.91. The van der Waals surface area contributed by atoms with Crippen molar-refractivity contribution in [2.24, 2.45) is 5.73 Å². The van der Waals surface area contributed by atoms with E-state index in [1.54, 1.807) is 0 Å². The van der Waals surface area contributed by atoms with Gasteiger partial charge in [0.05, 0.1) is 19.3 Å². The van der Waals surface area contributed by atoms with Gasteiger partial charge >= 0.3 is 0 Å². The summed E-state index contributed by atoms with van der Waals surface area (Å²) >= 11 is 1.90. The Kier molecular flexibility index (Phi) is 4.35. The third-order valence-electron chi connectivity index (χ3n) is 3.07. The van der Waals surface area contributed by atoms with Crippen LogP contribution in [0.1, 0.15) is 22.7 Å². The van der Waals surface area contributed by atoms with Crippen molar-refractivity contribution in [3.63, 3.8) is 0 Å². The lowest BCUT2D eigenvalue weighted by Crippen LogP contribution is -2.41. The molecule has 1 aromatic heterocycles. The number of morpholine rings is 1. The minimum atomic E-state index is 0.384. The minimum Gasteiger partial charge on any atom is -0.379 e. The van der Waals surface area contributed by atoms with Gasteiger partial charge in [-0.3, -0.25) is 4.90 Å². The predicted molar refractivity (Wildman–Crippen MR) is 67.9 cm³/mol. The van der Waals surface area contributed by atoms with Crippen LogP contribution in [0.5, 0.6) is 0 Å². The van der Waals surface area contributed by atoms with Crippen LogP contribution < -0.4 is 5.73 Å². The molecule has 16 heavy (non-hydrogen) atoms. The quantitative estimate of drug-likeness (QED) is 0.869. The maximum Gasteiger partial charge on any atom is 0.0594 e. The molecular weight excluding hydrogens is 220 g/mol. The molecule has 90 valence electrons. The third kappa shape index (κ3) is 2.63. The summed E-state index contributed by atoms with van der Waals surface area (Å²) in [6.07, 6.45) is 1.12. The lowest BCUT2D eigenvalue weighted by molar-refractivity contribution is 0.0186. The summed E-state index contributed by atoms with van der Waals surface area (Å²) in [7, 11) is 0. The fourth-order valence-corrected chi connectivity index (χ4v) is 3.20. The SMILES string of the molecule is CCc1ccc(C(CN)N2CCOCC2)s1. The van der Waals surface area contributed by atoms with E-state index in [1.165, 1.54) is 9.75 Å². The summed E-state index contributed by atoms with van der Waals surface area (Å²) in [5.74, 6) is 0. The molecule has 3 nitrogen and oxygen atoms in total. The zero-order valence-electron chi connectivity index (χ0n) is 9.82. The molecule has 2 rings (SSSR count). The molecular formula is C12H20N2OS. The molecule has 1 aromatic rings. The fourth-order valence-electron chi connectivity index (χ4n) is 2.10. The Bertz CT molecular complexity index is 321. The second-order valence-electron chi connectivity index (χ2n) is 4.06. The van der Waals surface area contributed by atoms with Crippen molar-refractivity contribution in [2.45, 2.75) is 19.4 Å². The first-order chi connectivity index (χ1) is 7.85. The van der Waals surface area contributed by atoms with Gasteiger partial charge in [0.25, 0.3) is 0 Å². The van der Waals surface area contributed by atoms with E-state index in [-0.39, 0.29) is 0 Å². The van der Waals surface area contributed by atoms with Gasteiger partial charge in [-0.05, 0) is 18.6 Å². The number of hydrogen-bond acceptors (Lipinski definition) is 4. The van der Waals surface area contributed by atoms with Gasteiger partial charge in [0.2, 0.25) is 0 Å². The van der Waals surface area contributed by atoms with Crippen molar-refractivity contribution in [3.05, 3.63) is 21.9 Å². The highest BCUT2D eigenvalue weighted by Crippen LogP contribution is 2.28. The van der Waals surface area contributed by atoms with Gasteiger partial charge in [-0.25, -0.2) is 0 Å². The van der Waals surface area contributed by atoms with E-state index in [1.807, 2.05) is 11.3 Å². The highest BCUT2D eigenvalue weighted by atomic mass is 32.1. The summed E-state index contributed by atoms with van der Waals surface area (Å²) < 4.78 is 5.38. The standard InChI is InChI=1S/C12H20N2OS/c1-2-10-3-4-12(16-10)11(9-13)14-5-7-15-8-6-14/h3-4,11H,2,5-9,13H2,1H3. The van der Waals surface area contributed by atoms with Crippen molar-refractivity contribution in [1.29, 1.82) is 0 Å². The van der Waals surface area contributed by atoms with E-state index >= 15 is 0 Å². The first-order valence-corrected chi connectivity index (χ1v) is 6.77. The Morgan fingerprint density at radius 3 is 2.75 bits per heavy atom. The van der Waals surface area contributed by atoms with E-state index in [0.717, 1.165) is 32.7 Å². The molecule has 1 atom stereocenters. The molecule has 0 aliphatic carbocycles. The van der Waals surface area contributed by atoms with Crippen LogP contribution in [0.15, 0.2) is 12.1 Å². The largest absolute Gasteiger partial charge is 0.379 e. The van der Waals surface area contributed by atoms with E-state index in [9.17, 15) is 0 Å². The third-order valence-corrected chi connectivity index (χ3v) is 4.40. The zero-order valence-corrected chi connectivity index (χ0v) is 10.6. The van der Waals surface area contributed by atoms with E-state index in [2.05, 4.69) is 24.0 Å². The second kappa shape index (κ2) is 5.77. The molecule has 0 amide bonds. The van der Waals surface area contributed by atoms with Gasteiger partial charge in [-0.15, -0.1) is 11.3 Å². The number of rotatable bonds is 4. The molecule has 0 radical (unpaired) electrons. The number of nitrogens with two attached hydrogens (primary N) is 1. The van der Waals surface area contributed by atoms with Crippen molar-refractivity contribution in [3.8, 4) is 0 Å². The summed E-state index contributed by atoms with van der Waals surface area (Å²) in [4.78, 5) is 5.29. The van der Waals surface area contributed by atoms with Crippen LogP contribution in [0, 0.1) is 0 Å². The number of hydrogen-bond donors (Lipinski definition) is 1. The van der Waals surface area contributed by atoms with Gasteiger partial charge in [-0.1, -0.05) is 6.92 Å². The van der Waals surface area contributed by atoms with Crippen LogP contribution in [-0.2, 0) is 11.2 Å². The van der Waals surface area contributed by atoms with Crippen LogP contribution in [0.25, 0.3) is 0 Å². The number of ether oxygens (including phenoxy) is 1. The van der Waals surface area contributed by atoms with Gasteiger partial charge in [0, 0.05) is 29.4 Å². The average molecular weight is 240 g/mol. The molecule has 1 aliphatic rings. The van der Waals surface area contributed by atoms with Crippen LogP contribution >= 0.6 is 11.3 Å². The molecule has 2 heterocycles. The van der Waals surface area contributed by atoms with E-state index < -0.39 is 0 Å². The minimum absolute atomic E-state index is 0.384. The Hall–Kier alpha value is -0.420. The van der Waals surface area contributed by atoms with E-state index in [4.69, 9.17) is 10.5 Å². The maximum atomic E-state index is 5.91. The molecule has 1 fully saturated rings. The average Bonchev–Trinajstić information content (AvgIpc) is 2.80. The van der Waals surface area contributed by atoms with Crippen LogP contribution in [0.2, 0.25) is 0 Å². The van der Waals surface area contributed by atoms with Gasteiger partial charge in [0.15, 0.2) is 0 Å². The molecule has 4 heteroatoms. The molecule has 0 aromatic carbocycles. The van der Waals surface area contributed by atoms with Crippen LogP contribution in [0.4, 0.5) is 0 Å². The summed E-state index contributed by atoms with van der Waals surface area (Å²) in [5, 5.41) is 0. The smallest absolute Gasteiger partial charge is 0.0594 e. The lowest BCUT2D eigenvalue weighted by atomic mass is 10.2. The van der Waals surface area contributed by atoms with Crippen molar-refractivity contribution >= 4 is 11.3 Å². The topological polar surface area (TPSA) is 38.5 Å². The lowest BCUT2D eigenvalue weighted by Gasteiger charge is -2.33. The van der Waals surface area contributed by atoms with Crippen molar-refractivity contribution < 1.29 is 4.74 Å². The van der Waals surface area contributed by atoms with Gasteiger partial charge in [-0.2, -0.15) is 0 Å². The molecule has 1 unspecified atom stereocenters. The predicted octanol–water partition coefficient (Wildman–Crippen LogP) is 1.64. The Balaban J connectivity index is 2.08. The van der Waals surface area contributed by atoms with Crippen LogP contribution in [-0.4, -0.2) is 37.7 Å². The molecule has 0 spiro atoms. The van der Waals surface area contributed by atoms with Gasteiger partial charge in [0.1, 0.15) is 0 Å². The molecule has 1 aliphatic heterocycles. The first kappa shape index (κ1) is 12.0. The maximum absolute atomic E-state index is 5.91. The molecule has 1 saturated heterocycles. The highest BCUT2D eigenvalue weighted by Gasteiger charge is 2.22. The molecule has 0 saturated carbocycles. The summed E-state index contributed by atoms with van der Waals surface area (Å²) in [6, 6.07) is 4.84. The Morgan fingerprint density at radius 2 is 2.19 bits per heavy atom. The number of aryl methyl sites for hydroxylation is 1. The summed E-state index contributed by atoms with van der Waals surface area (Å²) in [6.45, 7) is 6.57. The fraction of sp³-hybridized carbons (Fsp3) is 0.667.